The molecule has 0 saturated carbocycles. The van der Waals surface area contributed by atoms with Crippen molar-refractivity contribution in [1.82, 2.24) is 29.9 Å². The first kappa shape index (κ1) is 16.6. The maximum Gasteiger partial charge on any atom is 0.162 e. The van der Waals surface area contributed by atoms with Gasteiger partial charge in [0.1, 0.15) is 6.33 Å². The number of benzene rings is 1. The molecule has 0 amide bonds. The molecule has 1 unspecified atom stereocenters. The molecule has 3 aromatic heterocycles. The van der Waals surface area contributed by atoms with Crippen molar-refractivity contribution in [2.75, 3.05) is 5.75 Å². The lowest BCUT2D eigenvalue weighted by Gasteiger charge is -2.05. The lowest BCUT2D eigenvalue weighted by molar-refractivity contribution is 0.679. The molecule has 3 heterocycles. The topological polar surface area (TPSA) is 89.3 Å². The number of nitrogens with one attached hydrogen (secondary N) is 1. The SMILES string of the molecule is CCCCS(=O)c1cnc2c(cnn2-c2ccc(-c3ncn[nH]3)cc2)c1. The van der Waals surface area contributed by atoms with E-state index in [1.54, 1.807) is 17.1 Å². The van der Waals surface area contributed by atoms with Gasteiger partial charge in [-0.1, -0.05) is 13.3 Å². The number of unbranched alkanes of at least 4 members (excludes halogenated alkanes) is 1. The summed E-state index contributed by atoms with van der Waals surface area (Å²) in [4.78, 5) is 9.40. The van der Waals surface area contributed by atoms with E-state index in [9.17, 15) is 4.21 Å². The smallest absolute Gasteiger partial charge is 0.162 e. The molecule has 0 radical (unpaired) electrons. The fraction of sp³-hybridized carbons (Fsp3) is 0.222. The molecular weight excluding hydrogens is 348 g/mol. The fourth-order valence-electron chi connectivity index (χ4n) is 2.71. The van der Waals surface area contributed by atoms with E-state index in [2.05, 4.69) is 32.2 Å². The Labute approximate surface area is 153 Å². The van der Waals surface area contributed by atoms with Gasteiger partial charge in [-0.25, -0.2) is 14.6 Å². The number of nitrogens with zero attached hydrogens (tertiary/aromatic N) is 5. The molecular formula is C18H18N6OS. The van der Waals surface area contributed by atoms with Gasteiger partial charge >= 0.3 is 0 Å². The Balaban J connectivity index is 1.64. The van der Waals surface area contributed by atoms with Gasteiger partial charge in [-0.2, -0.15) is 10.2 Å². The molecule has 0 aliphatic heterocycles. The maximum absolute atomic E-state index is 12.3. The van der Waals surface area contributed by atoms with Gasteiger partial charge in [0.05, 0.1) is 27.6 Å². The Bertz CT molecular complexity index is 1040. The Hall–Kier alpha value is -2.87. The predicted octanol–water partition coefficient (Wildman–Crippen LogP) is 3.11. The highest BCUT2D eigenvalue weighted by Crippen LogP contribution is 2.21. The third-order valence-electron chi connectivity index (χ3n) is 4.13. The molecule has 132 valence electrons. The quantitative estimate of drug-likeness (QED) is 0.566. The number of pyridine rings is 1. The molecule has 0 aliphatic carbocycles. The van der Waals surface area contributed by atoms with Gasteiger partial charge < -0.3 is 0 Å². The van der Waals surface area contributed by atoms with Crippen LogP contribution in [-0.4, -0.2) is 39.9 Å². The van der Waals surface area contributed by atoms with Gasteiger partial charge in [0.15, 0.2) is 11.5 Å². The van der Waals surface area contributed by atoms with Gasteiger partial charge in [-0.15, -0.1) is 0 Å². The van der Waals surface area contributed by atoms with Gasteiger partial charge in [-0.3, -0.25) is 9.31 Å². The molecule has 1 aromatic carbocycles. The van der Waals surface area contributed by atoms with Gasteiger partial charge in [0.25, 0.3) is 0 Å². The van der Waals surface area contributed by atoms with Crippen molar-refractivity contribution in [3.8, 4) is 17.1 Å². The largest absolute Gasteiger partial charge is 0.259 e. The first-order chi connectivity index (χ1) is 12.8. The van der Waals surface area contributed by atoms with Crippen LogP contribution in [0.2, 0.25) is 0 Å². The Morgan fingerprint density at radius 3 is 2.73 bits per heavy atom. The van der Waals surface area contributed by atoms with Crippen molar-refractivity contribution in [2.45, 2.75) is 24.7 Å². The summed E-state index contributed by atoms with van der Waals surface area (Å²) in [5.74, 6) is 1.39. The Morgan fingerprint density at radius 1 is 1.15 bits per heavy atom. The van der Waals surface area contributed by atoms with Gasteiger partial charge in [0, 0.05) is 22.9 Å². The highest BCUT2D eigenvalue weighted by atomic mass is 32.2. The van der Waals surface area contributed by atoms with Crippen LogP contribution in [0.1, 0.15) is 19.8 Å². The summed E-state index contributed by atoms with van der Waals surface area (Å²) < 4.78 is 14.1. The van der Waals surface area contributed by atoms with Crippen LogP contribution in [0.4, 0.5) is 0 Å². The third-order valence-corrected chi connectivity index (χ3v) is 5.54. The van der Waals surface area contributed by atoms with E-state index in [0.717, 1.165) is 45.8 Å². The summed E-state index contributed by atoms with van der Waals surface area (Å²) in [6.45, 7) is 2.09. The van der Waals surface area contributed by atoms with Crippen molar-refractivity contribution < 1.29 is 4.21 Å². The average Bonchev–Trinajstić information content (AvgIpc) is 3.35. The zero-order valence-corrected chi connectivity index (χ0v) is 15.1. The number of rotatable bonds is 6. The molecule has 0 bridgehead atoms. The molecule has 0 fully saturated rings. The molecule has 4 aromatic rings. The van der Waals surface area contributed by atoms with E-state index in [-0.39, 0.29) is 0 Å². The van der Waals surface area contributed by atoms with Gasteiger partial charge in [0.2, 0.25) is 0 Å². The average molecular weight is 366 g/mol. The minimum absolute atomic E-state index is 0.668. The maximum atomic E-state index is 12.3. The van der Waals surface area contributed by atoms with Crippen LogP contribution in [0.15, 0.2) is 53.9 Å². The first-order valence-electron chi connectivity index (χ1n) is 8.44. The normalized spacial score (nSPS) is 12.5. The summed E-state index contributed by atoms with van der Waals surface area (Å²) in [6, 6.07) is 9.74. The predicted molar refractivity (Wildman–Crippen MR) is 100 cm³/mol. The molecule has 26 heavy (non-hydrogen) atoms. The lowest BCUT2D eigenvalue weighted by Crippen LogP contribution is -2.00. The number of aromatic nitrogens is 6. The zero-order chi connectivity index (χ0) is 17.9. The van der Waals surface area contributed by atoms with Crippen molar-refractivity contribution >= 4 is 21.8 Å². The summed E-state index contributed by atoms with van der Waals surface area (Å²) in [6.07, 6.45) is 6.91. The van der Waals surface area contributed by atoms with Crippen molar-refractivity contribution in [2.24, 2.45) is 0 Å². The summed E-state index contributed by atoms with van der Waals surface area (Å²) in [7, 11) is -1.01. The number of fused-ring (bicyclic) bond motifs is 1. The molecule has 1 N–H and O–H groups in total. The zero-order valence-electron chi connectivity index (χ0n) is 14.3. The first-order valence-corrected chi connectivity index (χ1v) is 9.76. The van der Waals surface area contributed by atoms with Crippen LogP contribution in [-0.2, 0) is 10.8 Å². The van der Waals surface area contributed by atoms with Crippen molar-refractivity contribution in [3.63, 3.8) is 0 Å². The monoisotopic (exact) mass is 366 g/mol. The summed E-state index contributed by atoms with van der Waals surface area (Å²) in [5.41, 5.74) is 2.59. The van der Waals surface area contributed by atoms with Crippen LogP contribution in [0, 0.1) is 0 Å². The van der Waals surface area contributed by atoms with Crippen molar-refractivity contribution in [3.05, 3.63) is 49.1 Å². The van der Waals surface area contributed by atoms with Crippen LogP contribution in [0.3, 0.4) is 0 Å². The lowest BCUT2D eigenvalue weighted by atomic mass is 10.2. The summed E-state index contributed by atoms with van der Waals surface area (Å²) in [5, 5.41) is 12.0. The van der Waals surface area contributed by atoms with E-state index < -0.39 is 10.8 Å². The van der Waals surface area contributed by atoms with E-state index in [1.165, 1.54) is 6.33 Å². The number of hydrogen-bond donors (Lipinski definition) is 1. The molecule has 0 aliphatic rings. The van der Waals surface area contributed by atoms with Crippen LogP contribution in [0.25, 0.3) is 28.1 Å². The molecule has 8 heteroatoms. The fourth-order valence-corrected chi connectivity index (χ4v) is 3.93. The van der Waals surface area contributed by atoms with Crippen LogP contribution < -0.4 is 0 Å². The molecule has 0 saturated heterocycles. The van der Waals surface area contributed by atoms with Crippen LogP contribution >= 0.6 is 0 Å². The van der Waals surface area contributed by atoms with Crippen molar-refractivity contribution in [1.29, 1.82) is 0 Å². The van der Waals surface area contributed by atoms with E-state index in [0.29, 0.717) is 5.75 Å². The van der Waals surface area contributed by atoms with Gasteiger partial charge in [-0.05, 0) is 36.8 Å². The Morgan fingerprint density at radius 2 is 2.00 bits per heavy atom. The minimum atomic E-state index is -1.01. The number of aromatic amines is 1. The van der Waals surface area contributed by atoms with E-state index in [1.807, 2.05) is 30.3 Å². The second-order valence-corrected chi connectivity index (χ2v) is 7.50. The highest BCUT2D eigenvalue weighted by molar-refractivity contribution is 7.85. The van der Waals surface area contributed by atoms with Crippen LogP contribution in [0.5, 0.6) is 0 Å². The molecule has 7 nitrogen and oxygen atoms in total. The standard InChI is InChI=1S/C18H18N6OS/c1-2-3-8-26(25)16-9-14-10-22-24(18(14)19-11-16)15-6-4-13(5-7-15)17-20-12-21-23-17/h4-7,9-12H,2-3,8H2,1H3,(H,20,21,23). The third kappa shape index (κ3) is 3.15. The van der Waals surface area contributed by atoms with E-state index >= 15 is 0 Å². The second-order valence-electron chi connectivity index (χ2n) is 5.92. The molecule has 0 spiro atoms. The number of hydrogen-bond acceptors (Lipinski definition) is 5. The summed E-state index contributed by atoms with van der Waals surface area (Å²) >= 11 is 0. The molecule has 4 rings (SSSR count). The highest BCUT2D eigenvalue weighted by Gasteiger charge is 2.11. The molecule has 1 atom stereocenters. The Kier molecular flexibility index (Phi) is 4.57. The minimum Gasteiger partial charge on any atom is -0.259 e. The number of H-pyrrole nitrogens is 1. The second kappa shape index (κ2) is 7.17. The van der Waals surface area contributed by atoms with E-state index in [4.69, 9.17) is 0 Å².